The molecule has 1 rings (SSSR count). The van der Waals surface area contributed by atoms with Crippen LogP contribution in [-0.2, 0) is 9.59 Å². The predicted octanol–water partition coefficient (Wildman–Crippen LogP) is 1.39. The topological polar surface area (TPSA) is 109 Å². The second kappa shape index (κ2) is 8.46. The Kier molecular flexibility index (Phi) is 6.93. The van der Waals surface area contributed by atoms with Gasteiger partial charge in [0.15, 0.2) is 10.4 Å². The molecule has 8 heteroatoms. The van der Waals surface area contributed by atoms with E-state index in [1.807, 2.05) is 6.92 Å². The molecule has 1 heterocycles. The Labute approximate surface area is 130 Å². The maximum atomic E-state index is 11.6. The lowest BCUT2D eigenvalue weighted by Crippen LogP contribution is -2.40. The van der Waals surface area contributed by atoms with Gasteiger partial charge in [0.1, 0.15) is 0 Å². The van der Waals surface area contributed by atoms with Crippen LogP contribution in [0.1, 0.15) is 30.3 Å². The van der Waals surface area contributed by atoms with Crippen molar-refractivity contribution >= 4 is 33.7 Å². The zero-order chi connectivity index (χ0) is 15.8. The van der Waals surface area contributed by atoms with Crippen molar-refractivity contribution in [1.29, 1.82) is 0 Å². The molecule has 116 valence electrons. The number of halogens is 1. The number of nitrogens with one attached hydrogen (secondary N) is 2. The van der Waals surface area contributed by atoms with Crippen molar-refractivity contribution in [3.8, 4) is 0 Å². The number of carbonyl (C=O) groups excluding carboxylic acids is 2. The minimum absolute atomic E-state index is 0.0458. The SMILES string of the molecule is CCCC(CNC(=O)CNC(=O)c1ccc(Br)o1)C(=O)O. The highest BCUT2D eigenvalue weighted by atomic mass is 79.9. The molecule has 0 aliphatic heterocycles. The van der Waals surface area contributed by atoms with Gasteiger partial charge in [-0.05, 0) is 34.5 Å². The zero-order valence-corrected chi connectivity index (χ0v) is 13.1. The molecule has 0 bridgehead atoms. The molecule has 3 N–H and O–H groups in total. The van der Waals surface area contributed by atoms with E-state index in [2.05, 4.69) is 26.6 Å². The summed E-state index contributed by atoms with van der Waals surface area (Å²) < 4.78 is 5.45. The second-order valence-corrected chi connectivity index (χ2v) is 5.20. The Balaban J connectivity index is 2.33. The zero-order valence-electron chi connectivity index (χ0n) is 11.5. The van der Waals surface area contributed by atoms with Crippen molar-refractivity contribution in [2.45, 2.75) is 19.8 Å². The minimum Gasteiger partial charge on any atom is -0.481 e. The Morgan fingerprint density at radius 2 is 2.05 bits per heavy atom. The molecule has 0 spiro atoms. The largest absolute Gasteiger partial charge is 0.481 e. The molecule has 0 aliphatic carbocycles. The monoisotopic (exact) mass is 360 g/mol. The van der Waals surface area contributed by atoms with Gasteiger partial charge in [0.25, 0.3) is 5.91 Å². The number of carboxylic acids is 1. The number of hydrogen-bond donors (Lipinski definition) is 3. The Hall–Kier alpha value is -1.83. The lowest BCUT2D eigenvalue weighted by Gasteiger charge is -2.12. The van der Waals surface area contributed by atoms with Gasteiger partial charge in [-0.25, -0.2) is 0 Å². The van der Waals surface area contributed by atoms with Crippen LogP contribution in [-0.4, -0.2) is 36.0 Å². The fourth-order valence-electron chi connectivity index (χ4n) is 1.64. The summed E-state index contributed by atoms with van der Waals surface area (Å²) in [7, 11) is 0. The fraction of sp³-hybridized carbons (Fsp3) is 0.462. The van der Waals surface area contributed by atoms with Gasteiger partial charge in [0.05, 0.1) is 12.5 Å². The molecule has 21 heavy (non-hydrogen) atoms. The number of amides is 2. The maximum Gasteiger partial charge on any atom is 0.308 e. The van der Waals surface area contributed by atoms with Crippen LogP contribution in [0.4, 0.5) is 0 Å². The van der Waals surface area contributed by atoms with Gasteiger partial charge < -0.3 is 20.2 Å². The normalized spacial score (nSPS) is 11.7. The molecule has 1 aromatic heterocycles. The molecule has 0 radical (unpaired) electrons. The highest BCUT2D eigenvalue weighted by molar-refractivity contribution is 9.10. The van der Waals surface area contributed by atoms with E-state index in [-0.39, 0.29) is 18.8 Å². The van der Waals surface area contributed by atoms with Crippen LogP contribution in [0.3, 0.4) is 0 Å². The quantitative estimate of drug-likeness (QED) is 0.648. The minimum atomic E-state index is -0.943. The standard InChI is InChI=1S/C13H17BrN2O5/c1-2-3-8(13(19)20)6-15-11(17)7-16-12(18)9-4-5-10(14)21-9/h4-5,8H,2-3,6-7H2,1H3,(H,15,17)(H,16,18)(H,19,20). The van der Waals surface area contributed by atoms with Gasteiger partial charge in [-0.15, -0.1) is 0 Å². The molecule has 2 amide bonds. The maximum absolute atomic E-state index is 11.6. The first-order chi connectivity index (χ1) is 9.93. The smallest absolute Gasteiger partial charge is 0.308 e. The first-order valence-corrected chi connectivity index (χ1v) is 7.26. The molecule has 0 saturated heterocycles. The van der Waals surface area contributed by atoms with E-state index in [4.69, 9.17) is 9.52 Å². The molecular formula is C13H17BrN2O5. The van der Waals surface area contributed by atoms with Crippen LogP contribution < -0.4 is 10.6 Å². The van der Waals surface area contributed by atoms with Crippen molar-refractivity contribution in [1.82, 2.24) is 10.6 Å². The molecule has 0 fully saturated rings. The first-order valence-electron chi connectivity index (χ1n) is 6.47. The molecule has 1 unspecified atom stereocenters. The Bertz CT molecular complexity index is 514. The summed E-state index contributed by atoms with van der Waals surface area (Å²) >= 11 is 3.07. The summed E-state index contributed by atoms with van der Waals surface area (Å²) in [5.41, 5.74) is 0. The van der Waals surface area contributed by atoms with E-state index in [9.17, 15) is 14.4 Å². The van der Waals surface area contributed by atoms with Crippen molar-refractivity contribution in [3.63, 3.8) is 0 Å². The van der Waals surface area contributed by atoms with Crippen LogP contribution in [0.2, 0.25) is 0 Å². The highest BCUT2D eigenvalue weighted by Gasteiger charge is 2.17. The van der Waals surface area contributed by atoms with E-state index in [0.717, 1.165) is 6.42 Å². The van der Waals surface area contributed by atoms with Crippen molar-refractivity contribution in [3.05, 3.63) is 22.6 Å². The lowest BCUT2D eigenvalue weighted by molar-refractivity contribution is -0.141. The third kappa shape index (κ3) is 5.99. The number of furan rings is 1. The predicted molar refractivity (Wildman–Crippen MR) is 77.8 cm³/mol. The van der Waals surface area contributed by atoms with E-state index in [1.54, 1.807) is 6.07 Å². The van der Waals surface area contributed by atoms with E-state index >= 15 is 0 Å². The average molecular weight is 361 g/mol. The number of carbonyl (C=O) groups is 3. The fourth-order valence-corrected chi connectivity index (χ4v) is 1.95. The summed E-state index contributed by atoms with van der Waals surface area (Å²) in [5.74, 6) is -2.43. The van der Waals surface area contributed by atoms with E-state index in [1.165, 1.54) is 6.07 Å². The van der Waals surface area contributed by atoms with Gasteiger partial charge in [-0.2, -0.15) is 0 Å². The van der Waals surface area contributed by atoms with Crippen LogP contribution in [0.25, 0.3) is 0 Å². The van der Waals surface area contributed by atoms with Crippen LogP contribution in [0, 0.1) is 5.92 Å². The number of carboxylic acid groups (broad SMARTS) is 1. The highest BCUT2D eigenvalue weighted by Crippen LogP contribution is 2.13. The number of rotatable bonds is 8. The van der Waals surface area contributed by atoms with Crippen molar-refractivity contribution in [2.75, 3.05) is 13.1 Å². The molecule has 7 nitrogen and oxygen atoms in total. The van der Waals surface area contributed by atoms with E-state index < -0.39 is 23.7 Å². The first kappa shape index (κ1) is 17.2. The summed E-state index contributed by atoms with van der Waals surface area (Å²) in [6.07, 6.45) is 1.21. The van der Waals surface area contributed by atoms with Crippen LogP contribution >= 0.6 is 15.9 Å². The van der Waals surface area contributed by atoms with Crippen LogP contribution in [0.5, 0.6) is 0 Å². The molecule has 0 saturated carbocycles. The van der Waals surface area contributed by atoms with Gasteiger partial charge >= 0.3 is 5.97 Å². The molecule has 0 aliphatic rings. The third-order valence-corrected chi connectivity index (χ3v) is 3.16. The average Bonchev–Trinajstić information content (AvgIpc) is 2.87. The van der Waals surface area contributed by atoms with Crippen molar-refractivity contribution < 1.29 is 23.9 Å². The van der Waals surface area contributed by atoms with Crippen molar-refractivity contribution in [2.24, 2.45) is 5.92 Å². The number of hydrogen-bond acceptors (Lipinski definition) is 4. The van der Waals surface area contributed by atoms with Gasteiger partial charge in [-0.3, -0.25) is 14.4 Å². The lowest BCUT2D eigenvalue weighted by atomic mass is 10.0. The van der Waals surface area contributed by atoms with Gasteiger partial charge in [-0.1, -0.05) is 13.3 Å². The van der Waals surface area contributed by atoms with E-state index in [0.29, 0.717) is 11.1 Å². The van der Waals surface area contributed by atoms with Crippen LogP contribution in [0.15, 0.2) is 21.2 Å². The molecular weight excluding hydrogens is 344 g/mol. The Morgan fingerprint density at radius 3 is 2.57 bits per heavy atom. The Morgan fingerprint density at radius 1 is 1.33 bits per heavy atom. The summed E-state index contributed by atoms with van der Waals surface area (Å²) in [6.45, 7) is 1.68. The van der Waals surface area contributed by atoms with Gasteiger partial charge in [0.2, 0.25) is 5.91 Å². The summed E-state index contributed by atoms with van der Waals surface area (Å²) in [6, 6.07) is 3.04. The summed E-state index contributed by atoms with van der Waals surface area (Å²) in [5, 5.41) is 13.8. The third-order valence-electron chi connectivity index (χ3n) is 2.74. The molecule has 1 aromatic rings. The number of aliphatic carboxylic acids is 1. The molecule has 1 atom stereocenters. The molecule has 0 aromatic carbocycles. The van der Waals surface area contributed by atoms with Gasteiger partial charge in [0, 0.05) is 6.54 Å². The summed E-state index contributed by atoms with van der Waals surface area (Å²) in [4.78, 5) is 34.1. The second-order valence-electron chi connectivity index (χ2n) is 4.41.